The summed E-state index contributed by atoms with van der Waals surface area (Å²) in [7, 11) is 0. The number of nitrogens with zero attached hydrogens (tertiary/aromatic N) is 5. The van der Waals surface area contributed by atoms with E-state index < -0.39 is 5.97 Å². The van der Waals surface area contributed by atoms with E-state index in [4.69, 9.17) is 14.2 Å². The fourth-order valence-corrected chi connectivity index (χ4v) is 13.0. The molecule has 0 bridgehead atoms. The summed E-state index contributed by atoms with van der Waals surface area (Å²) >= 11 is 5.26. The fourth-order valence-electron chi connectivity index (χ4n) is 9.16. The molecule has 9 aromatic rings. The third-order valence-corrected chi connectivity index (χ3v) is 16.8. The van der Waals surface area contributed by atoms with Gasteiger partial charge in [0.15, 0.2) is 0 Å². The standard InChI is InChI=1S/C60H59N5O5S3/c1-2-65-52-15-4-3-14-50(52)51-33-46(16-17-53(51)65)55-35-47(12-6-9-31-69-40-43-20-26-63-27-21-43)59(72-55)57-36-48(13-7-10-32-70-41-44-22-28-64-29-23-44)58(73-57)56-34-45(54(71-56)37-49(38-61)60(66)67)11-5-8-30-68-39-42-18-24-62-25-19-42/h3-4,14-29,33-37H,2,5-13,30-32,39-41H2,1H3,(H,66,67)/b49-37-. The Balaban J connectivity index is 1.03. The molecule has 2 aromatic carbocycles. The van der Waals surface area contributed by atoms with E-state index in [0.29, 0.717) is 39.6 Å². The van der Waals surface area contributed by atoms with E-state index in [-0.39, 0.29) is 5.57 Å². The summed E-state index contributed by atoms with van der Waals surface area (Å²) in [6, 6.07) is 36.5. The molecule has 0 radical (unpaired) electrons. The molecule has 0 saturated carbocycles. The van der Waals surface area contributed by atoms with Crippen LogP contribution in [-0.2, 0) is 64.6 Å². The molecule has 0 unspecified atom stereocenters. The van der Waals surface area contributed by atoms with Gasteiger partial charge in [-0.3, -0.25) is 15.0 Å². The van der Waals surface area contributed by atoms with Crippen molar-refractivity contribution in [3.8, 4) is 36.0 Å². The average Bonchev–Trinajstić information content (AvgIpc) is 4.22. The van der Waals surface area contributed by atoms with Crippen LogP contribution in [-0.4, -0.2) is 50.4 Å². The maximum Gasteiger partial charge on any atom is 0.346 e. The number of aryl methyl sites for hydroxylation is 4. The summed E-state index contributed by atoms with van der Waals surface area (Å²) in [6.45, 7) is 6.69. The minimum Gasteiger partial charge on any atom is -0.477 e. The molecule has 0 amide bonds. The van der Waals surface area contributed by atoms with E-state index in [0.717, 1.165) is 96.3 Å². The number of rotatable bonds is 27. The van der Waals surface area contributed by atoms with Crippen LogP contribution in [0.2, 0.25) is 0 Å². The summed E-state index contributed by atoms with van der Waals surface area (Å²) in [5, 5.41) is 22.4. The molecule has 372 valence electrons. The molecule has 9 rings (SSSR count). The van der Waals surface area contributed by atoms with Gasteiger partial charge < -0.3 is 23.9 Å². The molecule has 0 aliphatic heterocycles. The Morgan fingerprint density at radius 1 is 0.589 bits per heavy atom. The van der Waals surface area contributed by atoms with Crippen molar-refractivity contribution in [2.24, 2.45) is 0 Å². The first-order valence-electron chi connectivity index (χ1n) is 25.1. The number of fused-ring (bicyclic) bond motifs is 3. The first-order chi connectivity index (χ1) is 35.9. The molecular formula is C60H59N5O5S3. The molecule has 7 aromatic heterocycles. The molecule has 0 spiro atoms. The summed E-state index contributed by atoms with van der Waals surface area (Å²) < 4.78 is 20.6. The first-order valence-corrected chi connectivity index (χ1v) is 27.6. The number of carboxylic acids is 1. The van der Waals surface area contributed by atoms with Crippen molar-refractivity contribution in [2.45, 2.75) is 91.1 Å². The van der Waals surface area contributed by atoms with Crippen LogP contribution in [0.3, 0.4) is 0 Å². The van der Waals surface area contributed by atoms with Crippen molar-refractivity contribution < 1.29 is 24.1 Å². The smallest absolute Gasteiger partial charge is 0.346 e. The number of ether oxygens (including phenoxy) is 3. The van der Waals surface area contributed by atoms with Crippen LogP contribution in [0.15, 0.2) is 140 Å². The van der Waals surface area contributed by atoms with Crippen LogP contribution in [0.5, 0.6) is 0 Å². The van der Waals surface area contributed by atoms with Gasteiger partial charge in [-0.05, 0) is 183 Å². The Morgan fingerprint density at radius 2 is 1.07 bits per heavy atom. The normalized spacial score (nSPS) is 11.8. The zero-order chi connectivity index (χ0) is 50.2. The summed E-state index contributed by atoms with van der Waals surface area (Å²) in [5.41, 5.74) is 10.4. The molecule has 10 nitrogen and oxygen atoms in total. The van der Waals surface area contributed by atoms with Gasteiger partial charge in [-0.15, -0.1) is 34.0 Å². The number of aromatic nitrogens is 4. The zero-order valence-corrected chi connectivity index (χ0v) is 43.6. The first kappa shape index (κ1) is 51.3. The monoisotopic (exact) mass is 1030 g/mol. The van der Waals surface area contributed by atoms with Crippen molar-refractivity contribution in [3.05, 3.63) is 178 Å². The molecule has 0 aliphatic carbocycles. The van der Waals surface area contributed by atoms with Gasteiger partial charge >= 0.3 is 5.97 Å². The maximum absolute atomic E-state index is 12.2. The second-order valence-electron chi connectivity index (χ2n) is 18.0. The molecule has 1 N–H and O–H groups in total. The molecule has 0 atom stereocenters. The Morgan fingerprint density at radius 3 is 1.60 bits per heavy atom. The molecule has 0 saturated heterocycles. The number of aliphatic carboxylic acids is 1. The van der Waals surface area contributed by atoms with Crippen molar-refractivity contribution >= 4 is 67.9 Å². The third kappa shape index (κ3) is 13.3. The summed E-state index contributed by atoms with van der Waals surface area (Å²) in [5.74, 6) is -1.23. The van der Waals surface area contributed by atoms with Crippen LogP contribution >= 0.6 is 34.0 Å². The number of unbranched alkanes of at least 4 members (excludes halogenated alkanes) is 3. The van der Waals surface area contributed by atoms with Crippen molar-refractivity contribution in [1.29, 1.82) is 5.26 Å². The Labute approximate surface area is 439 Å². The van der Waals surface area contributed by atoms with E-state index >= 15 is 0 Å². The fraction of sp³-hybridized carbons (Fsp3) is 0.283. The number of pyridine rings is 3. The highest BCUT2D eigenvalue weighted by Crippen LogP contribution is 2.48. The van der Waals surface area contributed by atoms with Gasteiger partial charge in [0.2, 0.25) is 0 Å². The Bertz CT molecular complexity index is 3300. The van der Waals surface area contributed by atoms with Gasteiger partial charge in [0.05, 0.1) is 19.8 Å². The topological polar surface area (TPSA) is 132 Å². The van der Waals surface area contributed by atoms with E-state index in [1.807, 2.05) is 65.1 Å². The number of hydrogen-bond donors (Lipinski definition) is 1. The second kappa shape index (κ2) is 25.8. The molecule has 73 heavy (non-hydrogen) atoms. The van der Waals surface area contributed by atoms with E-state index in [9.17, 15) is 15.2 Å². The van der Waals surface area contributed by atoms with Gasteiger partial charge in [0, 0.05) is 115 Å². The van der Waals surface area contributed by atoms with Gasteiger partial charge in [-0.25, -0.2) is 4.79 Å². The molecular weight excluding hydrogens is 967 g/mol. The minimum atomic E-state index is -1.23. The quantitative estimate of drug-likeness (QED) is 0.0304. The van der Waals surface area contributed by atoms with Gasteiger partial charge in [-0.1, -0.05) is 24.3 Å². The van der Waals surface area contributed by atoms with Crippen LogP contribution in [0, 0.1) is 11.3 Å². The second-order valence-corrected chi connectivity index (χ2v) is 21.2. The van der Waals surface area contributed by atoms with Crippen LogP contribution in [0.25, 0.3) is 57.8 Å². The molecule has 7 heterocycles. The van der Waals surface area contributed by atoms with Gasteiger partial charge in [0.25, 0.3) is 0 Å². The summed E-state index contributed by atoms with van der Waals surface area (Å²) in [6.07, 6.45) is 20.2. The summed E-state index contributed by atoms with van der Waals surface area (Å²) in [4.78, 5) is 31.4. The van der Waals surface area contributed by atoms with Gasteiger partial charge in [-0.2, -0.15) is 5.26 Å². The van der Waals surface area contributed by atoms with E-state index in [1.54, 1.807) is 54.6 Å². The van der Waals surface area contributed by atoms with Crippen molar-refractivity contribution in [1.82, 2.24) is 19.5 Å². The molecule has 0 fully saturated rings. The van der Waals surface area contributed by atoms with Crippen LogP contribution in [0.4, 0.5) is 0 Å². The highest BCUT2D eigenvalue weighted by Gasteiger charge is 2.22. The number of hydrogen-bond acceptors (Lipinski definition) is 11. The van der Waals surface area contributed by atoms with E-state index in [2.05, 4.69) is 87.1 Å². The van der Waals surface area contributed by atoms with Crippen LogP contribution in [0.1, 0.15) is 83.7 Å². The number of thiophene rings is 3. The van der Waals surface area contributed by atoms with E-state index in [1.165, 1.54) is 58.0 Å². The lowest BCUT2D eigenvalue weighted by atomic mass is 10.0. The number of nitriles is 1. The largest absolute Gasteiger partial charge is 0.477 e. The Kier molecular flexibility index (Phi) is 18.2. The lowest BCUT2D eigenvalue weighted by molar-refractivity contribution is -0.132. The van der Waals surface area contributed by atoms with Crippen molar-refractivity contribution in [3.63, 3.8) is 0 Å². The maximum atomic E-state index is 12.2. The lowest BCUT2D eigenvalue weighted by Gasteiger charge is -2.05. The molecule has 0 aliphatic rings. The van der Waals surface area contributed by atoms with Crippen molar-refractivity contribution in [2.75, 3.05) is 19.8 Å². The predicted molar refractivity (Wildman–Crippen MR) is 297 cm³/mol. The number of carboxylic acid groups (broad SMARTS) is 1. The minimum absolute atomic E-state index is 0.273. The lowest BCUT2D eigenvalue weighted by Crippen LogP contribution is -1.98. The zero-order valence-electron chi connectivity index (χ0n) is 41.1. The van der Waals surface area contributed by atoms with Crippen LogP contribution < -0.4 is 0 Å². The number of benzene rings is 2. The number of carbonyl (C=O) groups is 1. The molecule has 13 heteroatoms. The third-order valence-electron chi connectivity index (χ3n) is 12.9. The predicted octanol–water partition coefficient (Wildman–Crippen LogP) is 14.8. The highest BCUT2D eigenvalue weighted by molar-refractivity contribution is 7.27. The highest BCUT2D eigenvalue weighted by atomic mass is 32.1. The Hall–Kier alpha value is -6.63. The number of para-hydroxylation sites is 1. The average molecular weight is 1030 g/mol. The van der Waals surface area contributed by atoms with Gasteiger partial charge in [0.1, 0.15) is 11.6 Å². The SMILES string of the molecule is CCn1c2ccccc2c2cc(-c3cc(CCCCOCc4ccncc4)c(-c4cc(CCCCOCc5ccncc5)c(-c5cc(CCCCOCc6ccncc6)c(/C=C(/C#N)C(=O)O)s5)s4)s3)ccc21.